The van der Waals surface area contributed by atoms with Crippen molar-refractivity contribution in [3.8, 4) is 0 Å². The molecule has 3 rings (SSSR count). The summed E-state index contributed by atoms with van der Waals surface area (Å²) in [5, 5.41) is 1.73. The number of aromatic nitrogens is 1. The summed E-state index contributed by atoms with van der Waals surface area (Å²) in [4.78, 5) is 22.5. The van der Waals surface area contributed by atoms with Gasteiger partial charge in [-0.2, -0.15) is 0 Å². The van der Waals surface area contributed by atoms with Gasteiger partial charge in [0.15, 0.2) is 5.13 Å². The summed E-state index contributed by atoms with van der Waals surface area (Å²) >= 11 is 7.90. The highest BCUT2D eigenvalue weighted by Gasteiger charge is 2.27. The number of thiazole rings is 1. The van der Waals surface area contributed by atoms with Crippen LogP contribution in [0.1, 0.15) is 12.8 Å². The lowest BCUT2D eigenvalue weighted by Gasteiger charge is -2.37. The summed E-state index contributed by atoms with van der Waals surface area (Å²) in [5.74, 6) is 0. The van der Waals surface area contributed by atoms with Crippen LogP contribution >= 0.6 is 22.9 Å². The van der Waals surface area contributed by atoms with Gasteiger partial charge in [0.05, 0.1) is 9.72 Å². The summed E-state index contributed by atoms with van der Waals surface area (Å²) in [6.07, 6.45) is 1.92. The van der Waals surface area contributed by atoms with Gasteiger partial charge in [0.25, 0.3) is 0 Å². The topological polar surface area (TPSA) is 39.7 Å². The van der Waals surface area contributed by atoms with Crippen molar-refractivity contribution in [2.75, 3.05) is 39.1 Å². The Bertz CT molecular complexity index is 709. The number of nitrogens with zero attached hydrogens (tertiary/aromatic N) is 4. The van der Waals surface area contributed by atoms with Crippen LogP contribution in [-0.2, 0) is 0 Å². The molecule has 1 aliphatic rings. The van der Waals surface area contributed by atoms with Crippen LogP contribution < -0.4 is 4.90 Å². The molecule has 0 aliphatic carbocycles. The van der Waals surface area contributed by atoms with Gasteiger partial charge in [-0.05, 0) is 25.0 Å². The zero-order chi connectivity index (χ0) is 16.6. The highest BCUT2D eigenvalue weighted by atomic mass is 35.5. The van der Waals surface area contributed by atoms with E-state index in [0.29, 0.717) is 11.1 Å². The summed E-state index contributed by atoms with van der Waals surface area (Å²) in [6, 6.07) is 6.25. The number of halogens is 1. The Morgan fingerprint density at radius 1 is 1.30 bits per heavy atom. The van der Waals surface area contributed by atoms with E-state index in [1.807, 2.05) is 24.1 Å². The first kappa shape index (κ1) is 16.3. The van der Waals surface area contributed by atoms with E-state index in [9.17, 15) is 4.79 Å². The van der Waals surface area contributed by atoms with Gasteiger partial charge in [0.2, 0.25) is 0 Å². The number of carbonyl (C=O) groups excluding carboxylic acids is 1. The van der Waals surface area contributed by atoms with Crippen molar-refractivity contribution < 1.29 is 4.79 Å². The van der Waals surface area contributed by atoms with Crippen molar-refractivity contribution in [2.45, 2.75) is 18.9 Å². The summed E-state index contributed by atoms with van der Waals surface area (Å²) in [6.45, 7) is 1.82. The molecule has 1 fully saturated rings. The molecular formula is C16H21ClN4OS. The molecule has 7 heteroatoms. The number of amides is 2. The highest BCUT2D eigenvalue weighted by molar-refractivity contribution is 7.22. The Hall–Kier alpha value is -1.53. The van der Waals surface area contributed by atoms with Gasteiger partial charge >= 0.3 is 6.03 Å². The van der Waals surface area contributed by atoms with Crippen LogP contribution in [0.25, 0.3) is 10.2 Å². The van der Waals surface area contributed by atoms with E-state index >= 15 is 0 Å². The Morgan fingerprint density at radius 3 is 2.61 bits per heavy atom. The van der Waals surface area contributed by atoms with Crippen molar-refractivity contribution in [3.63, 3.8) is 0 Å². The van der Waals surface area contributed by atoms with Gasteiger partial charge in [0, 0.05) is 40.3 Å². The quantitative estimate of drug-likeness (QED) is 0.830. The minimum absolute atomic E-state index is 0.0650. The first-order valence-corrected chi connectivity index (χ1v) is 8.91. The lowest BCUT2D eigenvalue weighted by atomic mass is 10.0. The number of anilines is 1. The predicted octanol–water partition coefficient (Wildman–Crippen LogP) is 3.53. The Labute approximate surface area is 145 Å². The summed E-state index contributed by atoms with van der Waals surface area (Å²) < 4.78 is 1.12. The molecule has 23 heavy (non-hydrogen) atoms. The van der Waals surface area contributed by atoms with Crippen LogP contribution in [0, 0.1) is 0 Å². The molecule has 0 unspecified atom stereocenters. The van der Waals surface area contributed by atoms with Crippen molar-refractivity contribution in [2.24, 2.45) is 0 Å². The average molecular weight is 353 g/mol. The molecule has 1 aliphatic heterocycles. The summed E-state index contributed by atoms with van der Waals surface area (Å²) in [7, 11) is 5.47. The molecule has 1 aromatic carbocycles. The van der Waals surface area contributed by atoms with E-state index in [0.717, 1.165) is 41.3 Å². The van der Waals surface area contributed by atoms with Gasteiger partial charge in [-0.15, -0.1) is 0 Å². The number of carbonyl (C=O) groups is 1. The SMILES string of the molecule is CN(C)C(=O)N(C)C1CCN(c2nc3c(Cl)cccc3s2)CC1. The number of hydrogen-bond donors (Lipinski definition) is 0. The molecule has 0 saturated carbocycles. The number of benzene rings is 1. The van der Waals surface area contributed by atoms with Crippen LogP contribution in [-0.4, -0.2) is 61.1 Å². The first-order valence-electron chi connectivity index (χ1n) is 7.71. The lowest BCUT2D eigenvalue weighted by molar-refractivity contribution is 0.155. The van der Waals surface area contributed by atoms with E-state index < -0.39 is 0 Å². The largest absolute Gasteiger partial charge is 0.348 e. The smallest absolute Gasteiger partial charge is 0.319 e. The first-order chi connectivity index (χ1) is 11.0. The molecule has 2 aromatic rings. The summed E-state index contributed by atoms with van der Waals surface area (Å²) in [5.41, 5.74) is 0.885. The van der Waals surface area contributed by atoms with Gasteiger partial charge in [-0.25, -0.2) is 9.78 Å². The number of urea groups is 1. The molecule has 0 radical (unpaired) electrons. The Kier molecular flexibility index (Phi) is 4.64. The van der Waals surface area contributed by atoms with Gasteiger partial charge in [-0.1, -0.05) is 29.0 Å². The number of fused-ring (bicyclic) bond motifs is 1. The fourth-order valence-corrected chi connectivity index (χ4v) is 4.27. The average Bonchev–Trinajstić information content (AvgIpc) is 2.99. The molecule has 1 saturated heterocycles. The molecule has 2 heterocycles. The molecule has 0 bridgehead atoms. The zero-order valence-corrected chi connectivity index (χ0v) is 15.2. The highest BCUT2D eigenvalue weighted by Crippen LogP contribution is 2.34. The van der Waals surface area contributed by atoms with E-state index in [1.54, 1.807) is 30.3 Å². The molecule has 0 N–H and O–H groups in total. The van der Waals surface area contributed by atoms with Crippen LogP contribution in [0.5, 0.6) is 0 Å². The molecular weight excluding hydrogens is 332 g/mol. The van der Waals surface area contributed by atoms with E-state index in [2.05, 4.69) is 11.0 Å². The lowest BCUT2D eigenvalue weighted by Crippen LogP contribution is -2.48. The fourth-order valence-electron chi connectivity index (χ4n) is 2.95. The Morgan fingerprint density at radius 2 is 2.00 bits per heavy atom. The third-order valence-corrected chi connectivity index (χ3v) is 5.71. The van der Waals surface area contributed by atoms with Gasteiger partial charge < -0.3 is 14.7 Å². The Balaban J connectivity index is 1.68. The maximum atomic E-state index is 12.1. The minimum Gasteiger partial charge on any atom is -0.348 e. The molecule has 5 nitrogen and oxygen atoms in total. The van der Waals surface area contributed by atoms with Gasteiger partial charge in [-0.3, -0.25) is 0 Å². The van der Waals surface area contributed by atoms with Gasteiger partial charge in [0.1, 0.15) is 5.52 Å². The second-order valence-electron chi connectivity index (χ2n) is 6.09. The molecule has 2 amide bonds. The number of hydrogen-bond acceptors (Lipinski definition) is 4. The van der Waals surface area contributed by atoms with Crippen LogP contribution in [0.4, 0.5) is 9.93 Å². The maximum absolute atomic E-state index is 12.1. The van der Waals surface area contributed by atoms with E-state index in [4.69, 9.17) is 16.6 Å². The molecule has 1 aromatic heterocycles. The minimum atomic E-state index is 0.0650. The second kappa shape index (κ2) is 6.53. The number of piperidine rings is 1. The number of para-hydroxylation sites is 1. The van der Waals surface area contributed by atoms with Crippen LogP contribution in [0.2, 0.25) is 5.02 Å². The third-order valence-electron chi connectivity index (χ3n) is 4.33. The normalized spacial score (nSPS) is 15.9. The van der Waals surface area contributed by atoms with Crippen LogP contribution in [0.3, 0.4) is 0 Å². The monoisotopic (exact) mass is 352 g/mol. The van der Waals surface area contributed by atoms with Crippen molar-refractivity contribution >= 4 is 44.3 Å². The van der Waals surface area contributed by atoms with Crippen molar-refractivity contribution in [1.29, 1.82) is 0 Å². The number of rotatable bonds is 2. The third kappa shape index (κ3) is 3.23. The second-order valence-corrected chi connectivity index (χ2v) is 7.51. The molecule has 124 valence electrons. The van der Waals surface area contributed by atoms with Crippen molar-refractivity contribution in [1.82, 2.24) is 14.8 Å². The van der Waals surface area contributed by atoms with Crippen LogP contribution in [0.15, 0.2) is 18.2 Å². The molecule has 0 atom stereocenters. The standard InChI is InChI=1S/C16H21ClN4OS/c1-19(2)16(22)20(3)11-7-9-21(10-8-11)15-18-14-12(17)5-4-6-13(14)23-15/h4-6,11H,7-10H2,1-3H3. The maximum Gasteiger partial charge on any atom is 0.319 e. The fraction of sp³-hybridized carbons (Fsp3) is 0.500. The van der Waals surface area contributed by atoms with E-state index in [1.165, 1.54) is 0 Å². The van der Waals surface area contributed by atoms with Crippen molar-refractivity contribution in [3.05, 3.63) is 23.2 Å². The predicted molar refractivity (Wildman–Crippen MR) is 96.7 cm³/mol. The van der Waals surface area contributed by atoms with E-state index in [-0.39, 0.29) is 6.03 Å². The zero-order valence-electron chi connectivity index (χ0n) is 13.6. The molecule has 0 spiro atoms.